The lowest BCUT2D eigenvalue weighted by molar-refractivity contribution is 0.0235. The van der Waals surface area contributed by atoms with Crippen LogP contribution in [0.3, 0.4) is 0 Å². The first-order valence-corrected chi connectivity index (χ1v) is 7.66. The van der Waals surface area contributed by atoms with Crippen LogP contribution in [-0.2, 0) is 11.2 Å². The van der Waals surface area contributed by atoms with Crippen molar-refractivity contribution in [3.8, 4) is 5.75 Å². The van der Waals surface area contributed by atoms with Gasteiger partial charge in [-0.1, -0.05) is 15.9 Å². The number of fused-ring (bicyclic) bond motifs is 1. The van der Waals surface area contributed by atoms with Gasteiger partial charge in [-0.2, -0.15) is 0 Å². The molecule has 2 rings (SSSR count). The molecule has 0 fully saturated rings. The third-order valence-corrected chi connectivity index (χ3v) is 3.98. The van der Waals surface area contributed by atoms with Crippen molar-refractivity contribution >= 4 is 15.9 Å². The van der Waals surface area contributed by atoms with Crippen LogP contribution in [-0.4, -0.2) is 43.6 Å². The summed E-state index contributed by atoms with van der Waals surface area (Å²) in [6.07, 6.45) is 1.66. The molecule has 0 aliphatic carbocycles. The van der Waals surface area contributed by atoms with Crippen molar-refractivity contribution in [1.82, 2.24) is 5.32 Å². The van der Waals surface area contributed by atoms with Crippen LogP contribution in [0.25, 0.3) is 0 Å². The Morgan fingerprint density at radius 2 is 2.35 bits per heavy atom. The summed E-state index contributed by atoms with van der Waals surface area (Å²) in [7, 11) is 1.64. The Labute approximate surface area is 128 Å². The number of hydrogen-bond donors (Lipinski definition) is 2. The summed E-state index contributed by atoms with van der Waals surface area (Å²) in [5.74, 6) is 0.964. The Kier molecular flexibility index (Phi) is 5.43. The van der Waals surface area contributed by atoms with Gasteiger partial charge in [-0.05, 0) is 30.7 Å². The number of hydrogen-bond acceptors (Lipinski definition) is 4. The van der Waals surface area contributed by atoms with Crippen LogP contribution in [0.5, 0.6) is 5.75 Å². The fourth-order valence-electron chi connectivity index (χ4n) is 2.32. The molecule has 4 nitrogen and oxygen atoms in total. The summed E-state index contributed by atoms with van der Waals surface area (Å²) in [5.41, 5.74) is 0.488. The van der Waals surface area contributed by atoms with Crippen molar-refractivity contribution in [2.24, 2.45) is 0 Å². The molecule has 2 N–H and O–H groups in total. The zero-order chi connectivity index (χ0) is 14.6. The average molecular weight is 344 g/mol. The van der Waals surface area contributed by atoms with Gasteiger partial charge in [0.05, 0.1) is 5.60 Å². The van der Waals surface area contributed by atoms with Gasteiger partial charge in [-0.15, -0.1) is 0 Å². The summed E-state index contributed by atoms with van der Waals surface area (Å²) in [5, 5.41) is 13.4. The maximum Gasteiger partial charge on any atom is 0.123 e. The Morgan fingerprint density at radius 1 is 1.55 bits per heavy atom. The maximum absolute atomic E-state index is 10.1. The molecule has 0 saturated heterocycles. The monoisotopic (exact) mass is 343 g/mol. The lowest BCUT2D eigenvalue weighted by Gasteiger charge is -2.24. The number of aliphatic hydroxyl groups is 1. The zero-order valence-electron chi connectivity index (χ0n) is 12.0. The topological polar surface area (TPSA) is 50.7 Å². The minimum atomic E-state index is -0.746. The molecule has 112 valence electrons. The van der Waals surface area contributed by atoms with Crippen LogP contribution >= 0.6 is 15.9 Å². The molecule has 0 amide bonds. The number of methoxy groups -OCH3 is 1. The molecular formula is C15H22BrNO3. The van der Waals surface area contributed by atoms with E-state index in [4.69, 9.17) is 9.47 Å². The second-order valence-corrected chi connectivity index (χ2v) is 6.48. The van der Waals surface area contributed by atoms with Crippen molar-refractivity contribution in [2.75, 3.05) is 26.8 Å². The molecule has 2 unspecified atom stereocenters. The molecule has 0 saturated carbocycles. The molecule has 0 bridgehead atoms. The van der Waals surface area contributed by atoms with Crippen LogP contribution in [0, 0.1) is 0 Å². The lowest BCUT2D eigenvalue weighted by atomic mass is 10.0. The van der Waals surface area contributed by atoms with Crippen molar-refractivity contribution in [3.05, 3.63) is 28.2 Å². The fraction of sp³-hybridized carbons (Fsp3) is 0.600. The van der Waals surface area contributed by atoms with E-state index in [1.807, 2.05) is 19.1 Å². The third kappa shape index (κ3) is 4.45. The van der Waals surface area contributed by atoms with E-state index in [0.717, 1.165) is 23.2 Å². The van der Waals surface area contributed by atoms with Gasteiger partial charge in [0.15, 0.2) is 0 Å². The predicted molar refractivity (Wildman–Crippen MR) is 82.2 cm³/mol. The molecule has 1 aliphatic rings. The maximum atomic E-state index is 10.1. The molecule has 1 heterocycles. The molecule has 0 radical (unpaired) electrons. The zero-order valence-corrected chi connectivity index (χ0v) is 13.6. The first-order chi connectivity index (χ1) is 9.50. The molecule has 2 atom stereocenters. The summed E-state index contributed by atoms with van der Waals surface area (Å²) in [6.45, 7) is 3.65. The van der Waals surface area contributed by atoms with Gasteiger partial charge in [-0.3, -0.25) is 0 Å². The minimum Gasteiger partial charge on any atom is -0.488 e. The van der Waals surface area contributed by atoms with Gasteiger partial charge < -0.3 is 19.9 Å². The highest BCUT2D eigenvalue weighted by atomic mass is 79.9. The number of rotatable bonds is 7. The van der Waals surface area contributed by atoms with Crippen LogP contribution in [0.2, 0.25) is 0 Å². The Morgan fingerprint density at radius 3 is 3.10 bits per heavy atom. The molecule has 5 heteroatoms. The molecule has 0 spiro atoms. The first kappa shape index (κ1) is 15.8. The number of nitrogens with one attached hydrogen (secondary N) is 1. The second kappa shape index (κ2) is 6.89. The van der Waals surface area contributed by atoms with E-state index in [-0.39, 0.29) is 6.10 Å². The molecule has 0 aromatic heterocycles. The van der Waals surface area contributed by atoms with E-state index < -0.39 is 5.60 Å². The van der Waals surface area contributed by atoms with Crippen LogP contribution < -0.4 is 10.1 Å². The van der Waals surface area contributed by atoms with Crippen molar-refractivity contribution in [1.29, 1.82) is 0 Å². The van der Waals surface area contributed by atoms with E-state index >= 15 is 0 Å². The van der Waals surface area contributed by atoms with E-state index in [1.165, 1.54) is 5.56 Å². The van der Waals surface area contributed by atoms with Crippen LogP contribution in [0.15, 0.2) is 22.7 Å². The van der Waals surface area contributed by atoms with Crippen molar-refractivity contribution < 1.29 is 14.6 Å². The van der Waals surface area contributed by atoms with Gasteiger partial charge in [0.25, 0.3) is 0 Å². The molecule has 1 aromatic carbocycles. The van der Waals surface area contributed by atoms with Gasteiger partial charge in [0, 0.05) is 44.1 Å². The smallest absolute Gasteiger partial charge is 0.123 e. The van der Waals surface area contributed by atoms with E-state index in [1.54, 1.807) is 7.11 Å². The Bertz CT molecular complexity index is 451. The third-order valence-electron chi connectivity index (χ3n) is 3.49. The average Bonchev–Trinajstić information content (AvgIpc) is 2.78. The molecule has 1 aliphatic heterocycles. The van der Waals surface area contributed by atoms with Crippen molar-refractivity contribution in [3.63, 3.8) is 0 Å². The van der Waals surface area contributed by atoms with Gasteiger partial charge in [-0.25, -0.2) is 0 Å². The minimum absolute atomic E-state index is 0.137. The summed E-state index contributed by atoms with van der Waals surface area (Å²) in [6, 6.07) is 6.09. The first-order valence-electron chi connectivity index (χ1n) is 6.87. The number of ether oxygens (including phenoxy) is 2. The SMILES string of the molecule is COCCC(C)(O)CNCC1Cc2cc(Br)ccc2O1. The fourth-order valence-corrected chi connectivity index (χ4v) is 2.72. The Balaban J connectivity index is 1.74. The standard InChI is InChI=1S/C15H22BrNO3/c1-15(18,5-6-19-2)10-17-9-13-8-11-7-12(16)3-4-14(11)20-13/h3-4,7,13,17-18H,5-6,8-10H2,1-2H3. The summed E-state index contributed by atoms with van der Waals surface area (Å²) in [4.78, 5) is 0. The Hall–Kier alpha value is -0.620. The van der Waals surface area contributed by atoms with Gasteiger partial charge in [0.2, 0.25) is 0 Å². The van der Waals surface area contributed by atoms with Gasteiger partial charge >= 0.3 is 0 Å². The summed E-state index contributed by atoms with van der Waals surface area (Å²) < 4.78 is 11.9. The predicted octanol–water partition coefficient (Wildman–Crippen LogP) is 2.13. The second-order valence-electron chi connectivity index (χ2n) is 5.57. The highest BCUT2D eigenvalue weighted by Gasteiger charge is 2.24. The van der Waals surface area contributed by atoms with Crippen LogP contribution in [0.4, 0.5) is 0 Å². The van der Waals surface area contributed by atoms with Gasteiger partial charge in [0.1, 0.15) is 11.9 Å². The molecule has 20 heavy (non-hydrogen) atoms. The van der Waals surface area contributed by atoms with E-state index in [0.29, 0.717) is 19.6 Å². The van der Waals surface area contributed by atoms with Crippen LogP contribution in [0.1, 0.15) is 18.9 Å². The van der Waals surface area contributed by atoms with Crippen molar-refractivity contribution in [2.45, 2.75) is 31.5 Å². The molecular weight excluding hydrogens is 322 g/mol. The quantitative estimate of drug-likeness (QED) is 0.796. The largest absolute Gasteiger partial charge is 0.488 e. The number of halogens is 1. The highest BCUT2D eigenvalue weighted by molar-refractivity contribution is 9.10. The lowest BCUT2D eigenvalue weighted by Crippen LogP contribution is -2.42. The molecule has 1 aromatic rings. The van der Waals surface area contributed by atoms with E-state index in [2.05, 4.69) is 27.3 Å². The number of benzene rings is 1. The normalized spacial score (nSPS) is 20.3. The van der Waals surface area contributed by atoms with E-state index in [9.17, 15) is 5.11 Å². The highest BCUT2D eigenvalue weighted by Crippen LogP contribution is 2.30. The summed E-state index contributed by atoms with van der Waals surface area (Å²) >= 11 is 3.47.